The first kappa shape index (κ1) is 20.5. The molecule has 7 nitrogen and oxygen atoms in total. The first-order valence-corrected chi connectivity index (χ1v) is 11.8. The summed E-state index contributed by atoms with van der Waals surface area (Å²) in [4.78, 5) is 4.83. The van der Waals surface area contributed by atoms with Crippen LogP contribution in [0.3, 0.4) is 0 Å². The third kappa shape index (κ3) is 4.39. The second-order valence-corrected chi connectivity index (χ2v) is 9.67. The van der Waals surface area contributed by atoms with Crippen molar-refractivity contribution in [1.82, 2.24) is 14.6 Å². The van der Waals surface area contributed by atoms with E-state index in [2.05, 4.69) is 22.2 Å². The maximum atomic E-state index is 12.7. The van der Waals surface area contributed by atoms with Crippen LogP contribution in [0.1, 0.15) is 11.3 Å². The van der Waals surface area contributed by atoms with Crippen molar-refractivity contribution < 1.29 is 13.5 Å². The number of phenolic OH excluding ortho intramolecular Hbond substituents is 1. The maximum Gasteiger partial charge on any atom is 0.243 e. The first-order chi connectivity index (χ1) is 14.4. The second-order valence-electron chi connectivity index (χ2n) is 6.87. The van der Waals surface area contributed by atoms with Crippen LogP contribution in [0.4, 0.5) is 10.8 Å². The van der Waals surface area contributed by atoms with E-state index in [4.69, 9.17) is 0 Å². The summed E-state index contributed by atoms with van der Waals surface area (Å²) in [6, 6.07) is 13.6. The van der Waals surface area contributed by atoms with Crippen molar-refractivity contribution >= 4 is 37.8 Å². The summed E-state index contributed by atoms with van der Waals surface area (Å²) in [6.45, 7) is 6.36. The number of nitrogens with zero attached hydrogens (tertiary/aromatic N) is 2. The minimum atomic E-state index is -3.47. The average Bonchev–Trinajstić information content (AvgIpc) is 3.22. The number of aromatic nitrogens is 1. The van der Waals surface area contributed by atoms with Gasteiger partial charge >= 0.3 is 0 Å². The van der Waals surface area contributed by atoms with Crippen molar-refractivity contribution in [2.24, 2.45) is 0 Å². The lowest BCUT2D eigenvalue weighted by Crippen LogP contribution is -2.46. The summed E-state index contributed by atoms with van der Waals surface area (Å²) in [5.74, 6) is 0.179. The molecule has 1 saturated heterocycles. The molecule has 1 aliphatic rings. The molecule has 3 N–H and O–H groups in total. The van der Waals surface area contributed by atoms with Gasteiger partial charge in [0.05, 0.1) is 10.6 Å². The van der Waals surface area contributed by atoms with Crippen LogP contribution in [0, 0.1) is 0 Å². The summed E-state index contributed by atoms with van der Waals surface area (Å²) in [6.07, 6.45) is 0. The third-order valence-corrected chi connectivity index (χ3v) is 7.50. The second kappa shape index (κ2) is 8.57. The van der Waals surface area contributed by atoms with Crippen LogP contribution in [0.15, 0.2) is 65.4 Å². The number of phenols is 1. The molecule has 0 aliphatic carbocycles. The maximum absolute atomic E-state index is 12.7. The summed E-state index contributed by atoms with van der Waals surface area (Å²) < 4.78 is 27.0. The molecule has 0 atom stereocenters. The number of benzene rings is 2. The van der Waals surface area contributed by atoms with E-state index in [9.17, 15) is 13.5 Å². The molecule has 0 unspecified atom stereocenters. The van der Waals surface area contributed by atoms with Crippen molar-refractivity contribution in [3.8, 4) is 5.75 Å². The Kier molecular flexibility index (Phi) is 5.87. The lowest BCUT2D eigenvalue weighted by Gasteiger charge is -2.26. The minimum Gasteiger partial charge on any atom is -0.508 e. The summed E-state index contributed by atoms with van der Waals surface area (Å²) >= 11 is 1.43. The van der Waals surface area contributed by atoms with E-state index >= 15 is 0 Å². The molecule has 1 aliphatic heterocycles. The molecular formula is C21H22N4O3S2. The van der Waals surface area contributed by atoms with Gasteiger partial charge in [0.25, 0.3) is 0 Å². The van der Waals surface area contributed by atoms with Gasteiger partial charge in [0.1, 0.15) is 5.75 Å². The number of sulfonamides is 1. The Balaban J connectivity index is 1.46. The van der Waals surface area contributed by atoms with Gasteiger partial charge in [0, 0.05) is 42.8 Å². The molecule has 0 spiro atoms. The van der Waals surface area contributed by atoms with Crippen molar-refractivity contribution in [3.05, 3.63) is 71.7 Å². The van der Waals surface area contributed by atoms with Crippen LogP contribution in [0.2, 0.25) is 0 Å². The molecule has 2 heterocycles. The predicted molar refractivity (Wildman–Crippen MR) is 120 cm³/mol. The monoisotopic (exact) mass is 442 g/mol. The highest BCUT2D eigenvalue weighted by atomic mass is 32.2. The molecule has 156 valence electrons. The fraction of sp³-hybridized carbons (Fsp3) is 0.190. The van der Waals surface area contributed by atoms with E-state index in [0.29, 0.717) is 42.6 Å². The molecule has 2 aromatic carbocycles. The largest absolute Gasteiger partial charge is 0.508 e. The SMILES string of the molecule is C=C(c1cccc(O)c1)c1csc(Nc2ccc(S(=O)(=O)N3CCNCC3)cc2)n1. The Labute approximate surface area is 179 Å². The zero-order valence-corrected chi connectivity index (χ0v) is 17.8. The molecule has 9 heteroatoms. The standard InChI is InChI=1S/C21H22N4O3S2/c1-15(16-3-2-4-18(26)13-16)20-14-29-21(24-20)23-17-5-7-19(8-6-17)30(27,28)25-11-9-22-10-12-25/h2-8,13-14,22,26H,1,9-12H2,(H,23,24). The number of piperazine rings is 1. The summed E-state index contributed by atoms with van der Waals surface area (Å²) in [5.41, 5.74) is 2.98. The normalized spacial score (nSPS) is 15.1. The highest BCUT2D eigenvalue weighted by molar-refractivity contribution is 7.89. The Hall–Kier alpha value is -2.72. The van der Waals surface area contributed by atoms with Crippen LogP contribution < -0.4 is 10.6 Å². The molecule has 0 saturated carbocycles. The van der Waals surface area contributed by atoms with E-state index in [1.54, 1.807) is 42.5 Å². The third-order valence-electron chi connectivity index (χ3n) is 4.83. The van der Waals surface area contributed by atoms with Crippen LogP contribution in [-0.4, -0.2) is 49.0 Å². The van der Waals surface area contributed by atoms with E-state index < -0.39 is 10.0 Å². The van der Waals surface area contributed by atoms with Gasteiger partial charge in [-0.3, -0.25) is 0 Å². The summed E-state index contributed by atoms with van der Waals surface area (Å²) in [7, 11) is -3.47. The van der Waals surface area contributed by atoms with E-state index in [0.717, 1.165) is 11.3 Å². The Bertz CT molecular complexity index is 1150. The summed E-state index contributed by atoms with van der Waals surface area (Å²) in [5, 5.41) is 18.6. The Morgan fingerprint density at radius 3 is 2.60 bits per heavy atom. The van der Waals surface area contributed by atoms with Gasteiger partial charge in [-0.15, -0.1) is 11.3 Å². The van der Waals surface area contributed by atoms with Gasteiger partial charge in [-0.25, -0.2) is 13.4 Å². The molecule has 3 aromatic rings. The number of hydrogen-bond acceptors (Lipinski definition) is 7. The molecular weight excluding hydrogens is 420 g/mol. The number of rotatable bonds is 6. The number of nitrogens with one attached hydrogen (secondary N) is 2. The van der Waals surface area contributed by atoms with Gasteiger partial charge in [0.2, 0.25) is 10.0 Å². The Morgan fingerprint density at radius 1 is 1.17 bits per heavy atom. The van der Waals surface area contributed by atoms with Crippen molar-refractivity contribution in [2.45, 2.75) is 4.90 Å². The molecule has 0 radical (unpaired) electrons. The van der Waals surface area contributed by atoms with Gasteiger partial charge in [-0.1, -0.05) is 18.7 Å². The van der Waals surface area contributed by atoms with Crippen LogP contribution in [-0.2, 0) is 10.0 Å². The number of anilines is 2. The van der Waals surface area contributed by atoms with E-state index in [1.807, 2.05) is 11.4 Å². The first-order valence-electron chi connectivity index (χ1n) is 9.46. The van der Waals surface area contributed by atoms with Crippen molar-refractivity contribution in [3.63, 3.8) is 0 Å². The van der Waals surface area contributed by atoms with Crippen LogP contribution in [0.5, 0.6) is 5.75 Å². The number of hydrogen-bond donors (Lipinski definition) is 3. The zero-order valence-electron chi connectivity index (χ0n) is 16.2. The quantitative estimate of drug-likeness (QED) is 0.543. The highest BCUT2D eigenvalue weighted by Crippen LogP contribution is 2.29. The molecule has 0 amide bonds. The Morgan fingerprint density at radius 2 is 1.90 bits per heavy atom. The molecule has 0 bridgehead atoms. The lowest BCUT2D eigenvalue weighted by atomic mass is 10.1. The molecule has 1 fully saturated rings. The lowest BCUT2D eigenvalue weighted by molar-refractivity contribution is 0.360. The fourth-order valence-corrected chi connectivity index (χ4v) is 5.37. The zero-order chi connectivity index (χ0) is 21.1. The van der Waals surface area contributed by atoms with E-state index in [-0.39, 0.29) is 10.6 Å². The van der Waals surface area contributed by atoms with Crippen LogP contribution >= 0.6 is 11.3 Å². The predicted octanol–water partition coefficient (Wildman–Crippen LogP) is 3.25. The average molecular weight is 443 g/mol. The number of thiazole rings is 1. The minimum absolute atomic E-state index is 0.179. The molecule has 30 heavy (non-hydrogen) atoms. The van der Waals surface area contributed by atoms with Crippen molar-refractivity contribution in [2.75, 3.05) is 31.5 Å². The van der Waals surface area contributed by atoms with Gasteiger partial charge in [-0.05, 0) is 42.0 Å². The fourth-order valence-electron chi connectivity index (χ4n) is 3.18. The molecule has 4 rings (SSSR count). The number of aromatic hydroxyl groups is 1. The molecule has 1 aromatic heterocycles. The van der Waals surface area contributed by atoms with Gasteiger partial charge in [-0.2, -0.15) is 4.31 Å². The van der Waals surface area contributed by atoms with Crippen LogP contribution in [0.25, 0.3) is 5.57 Å². The topological polar surface area (TPSA) is 94.6 Å². The van der Waals surface area contributed by atoms with Gasteiger partial charge < -0.3 is 15.7 Å². The smallest absolute Gasteiger partial charge is 0.243 e. The van der Waals surface area contributed by atoms with Gasteiger partial charge in [0.15, 0.2) is 5.13 Å². The highest BCUT2D eigenvalue weighted by Gasteiger charge is 2.25. The van der Waals surface area contributed by atoms with Crippen molar-refractivity contribution in [1.29, 1.82) is 0 Å². The van der Waals surface area contributed by atoms with E-state index in [1.165, 1.54) is 15.6 Å².